The third kappa shape index (κ3) is 3.50. The van der Waals surface area contributed by atoms with E-state index >= 15 is 0 Å². The summed E-state index contributed by atoms with van der Waals surface area (Å²) in [6.45, 7) is 3.29. The van der Waals surface area contributed by atoms with Crippen LogP contribution in [0, 0.1) is 0 Å². The van der Waals surface area contributed by atoms with Gasteiger partial charge in [0.2, 0.25) is 0 Å². The van der Waals surface area contributed by atoms with Crippen molar-refractivity contribution in [1.29, 1.82) is 0 Å². The molecule has 16 heavy (non-hydrogen) atoms. The summed E-state index contributed by atoms with van der Waals surface area (Å²) in [5, 5.41) is 3.37. The Morgan fingerprint density at radius 2 is 2.19 bits per heavy atom. The standard InChI is InChI=1S/C10H17ClN4O/c1-3-4-7-14-9(11)8(12)10(15-7)13-5-6-16-2/h3-6,12H2,1-2H3,(H,13,14,15). The number of aromatic nitrogens is 2. The monoisotopic (exact) mass is 244 g/mol. The number of halogens is 1. The zero-order valence-corrected chi connectivity index (χ0v) is 10.3. The molecule has 1 heterocycles. The summed E-state index contributed by atoms with van der Waals surface area (Å²) in [6, 6.07) is 0. The second kappa shape index (κ2) is 6.50. The Labute approximate surface area is 100 Å². The van der Waals surface area contributed by atoms with Crippen molar-refractivity contribution >= 4 is 23.1 Å². The van der Waals surface area contributed by atoms with Crippen molar-refractivity contribution < 1.29 is 4.74 Å². The average molecular weight is 245 g/mol. The Morgan fingerprint density at radius 3 is 2.81 bits per heavy atom. The fraction of sp³-hybridized carbons (Fsp3) is 0.600. The van der Waals surface area contributed by atoms with Gasteiger partial charge in [-0.05, 0) is 6.42 Å². The summed E-state index contributed by atoms with van der Waals surface area (Å²) in [4.78, 5) is 8.42. The lowest BCUT2D eigenvalue weighted by Gasteiger charge is -2.10. The van der Waals surface area contributed by atoms with Crippen molar-refractivity contribution in [3.63, 3.8) is 0 Å². The van der Waals surface area contributed by atoms with Gasteiger partial charge >= 0.3 is 0 Å². The molecule has 3 N–H and O–H groups in total. The quantitative estimate of drug-likeness (QED) is 0.589. The maximum Gasteiger partial charge on any atom is 0.157 e. The molecule has 0 aliphatic heterocycles. The highest BCUT2D eigenvalue weighted by Crippen LogP contribution is 2.23. The molecule has 0 aliphatic rings. The third-order valence-corrected chi connectivity index (χ3v) is 2.31. The zero-order valence-electron chi connectivity index (χ0n) is 9.59. The first-order chi connectivity index (χ1) is 7.69. The van der Waals surface area contributed by atoms with Gasteiger partial charge in [-0.3, -0.25) is 0 Å². The lowest BCUT2D eigenvalue weighted by atomic mass is 10.3. The van der Waals surface area contributed by atoms with E-state index < -0.39 is 0 Å². The van der Waals surface area contributed by atoms with Gasteiger partial charge in [-0.2, -0.15) is 0 Å². The highest BCUT2D eigenvalue weighted by molar-refractivity contribution is 6.32. The maximum absolute atomic E-state index is 5.92. The van der Waals surface area contributed by atoms with Crippen molar-refractivity contribution in [1.82, 2.24) is 9.97 Å². The van der Waals surface area contributed by atoms with Gasteiger partial charge in [0.25, 0.3) is 0 Å². The molecule has 1 rings (SSSR count). The predicted molar refractivity (Wildman–Crippen MR) is 65.8 cm³/mol. The van der Waals surface area contributed by atoms with Gasteiger partial charge in [0.05, 0.1) is 6.61 Å². The number of nitrogens with one attached hydrogen (secondary N) is 1. The van der Waals surface area contributed by atoms with Crippen LogP contribution in [0.1, 0.15) is 19.2 Å². The van der Waals surface area contributed by atoms with E-state index in [1.54, 1.807) is 7.11 Å². The van der Waals surface area contributed by atoms with E-state index in [4.69, 9.17) is 22.1 Å². The molecule has 0 fully saturated rings. The molecule has 5 nitrogen and oxygen atoms in total. The zero-order chi connectivity index (χ0) is 12.0. The Kier molecular flexibility index (Phi) is 5.28. The third-order valence-electron chi connectivity index (χ3n) is 2.02. The number of hydrogen-bond donors (Lipinski definition) is 2. The number of hydrogen-bond acceptors (Lipinski definition) is 5. The lowest BCUT2D eigenvalue weighted by molar-refractivity contribution is 0.210. The molecular weight excluding hydrogens is 228 g/mol. The van der Waals surface area contributed by atoms with Crippen LogP contribution in [0.25, 0.3) is 0 Å². The smallest absolute Gasteiger partial charge is 0.157 e. The largest absolute Gasteiger partial charge is 0.393 e. The van der Waals surface area contributed by atoms with Crippen LogP contribution in [-0.4, -0.2) is 30.2 Å². The Balaban J connectivity index is 2.79. The fourth-order valence-electron chi connectivity index (χ4n) is 1.23. The predicted octanol–water partition coefficient (Wildman–Crippen LogP) is 1.72. The van der Waals surface area contributed by atoms with Crippen molar-refractivity contribution in [2.75, 3.05) is 31.3 Å². The van der Waals surface area contributed by atoms with Crippen LogP contribution >= 0.6 is 11.6 Å². The van der Waals surface area contributed by atoms with E-state index in [-0.39, 0.29) is 0 Å². The van der Waals surface area contributed by atoms with Gasteiger partial charge in [0.15, 0.2) is 11.0 Å². The molecule has 1 aromatic heterocycles. The summed E-state index contributed by atoms with van der Waals surface area (Å²) in [5.74, 6) is 1.29. The van der Waals surface area contributed by atoms with E-state index in [0.29, 0.717) is 35.6 Å². The number of anilines is 2. The van der Waals surface area contributed by atoms with Crippen molar-refractivity contribution in [3.05, 3.63) is 11.0 Å². The molecule has 0 atom stereocenters. The summed E-state index contributed by atoms with van der Waals surface area (Å²) in [5.41, 5.74) is 6.16. The van der Waals surface area contributed by atoms with Crippen LogP contribution < -0.4 is 11.1 Å². The first-order valence-corrected chi connectivity index (χ1v) is 5.61. The van der Waals surface area contributed by atoms with Crippen molar-refractivity contribution in [2.45, 2.75) is 19.8 Å². The lowest BCUT2D eigenvalue weighted by Crippen LogP contribution is -2.12. The van der Waals surface area contributed by atoms with Gasteiger partial charge in [-0.25, -0.2) is 9.97 Å². The number of ether oxygens (including phenoxy) is 1. The van der Waals surface area contributed by atoms with Crippen LogP contribution in [0.2, 0.25) is 5.15 Å². The molecule has 1 aromatic rings. The first-order valence-electron chi connectivity index (χ1n) is 5.23. The molecule has 0 bridgehead atoms. The first kappa shape index (κ1) is 13.0. The van der Waals surface area contributed by atoms with Crippen LogP contribution in [0.4, 0.5) is 11.5 Å². The number of aryl methyl sites for hydroxylation is 1. The molecule has 0 aromatic carbocycles. The normalized spacial score (nSPS) is 10.4. The number of rotatable bonds is 6. The van der Waals surface area contributed by atoms with Crippen molar-refractivity contribution in [2.24, 2.45) is 0 Å². The maximum atomic E-state index is 5.92. The van der Waals surface area contributed by atoms with Gasteiger partial charge in [-0.1, -0.05) is 18.5 Å². The Morgan fingerprint density at radius 1 is 1.44 bits per heavy atom. The van der Waals surface area contributed by atoms with Gasteiger partial charge in [-0.15, -0.1) is 0 Å². The van der Waals surface area contributed by atoms with Gasteiger partial charge in [0, 0.05) is 20.1 Å². The molecule has 0 unspecified atom stereocenters. The Hall–Kier alpha value is -1.07. The second-order valence-electron chi connectivity index (χ2n) is 3.36. The molecule has 0 aliphatic carbocycles. The van der Waals surface area contributed by atoms with Crippen LogP contribution in [0.15, 0.2) is 0 Å². The summed E-state index contributed by atoms with van der Waals surface area (Å²) >= 11 is 5.92. The summed E-state index contributed by atoms with van der Waals surface area (Å²) in [7, 11) is 1.64. The average Bonchev–Trinajstić information content (AvgIpc) is 2.25. The Bertz CT molecular complexity index is 346. The van der Waals surface area contributed by atoms with Crippen molar-refractivity contribution in [3.8, 4) is 0 Å². The van der Waals surface area contributed by atoms with E-state index in [0.717, 1.165) is 12.8 Å². The van der Waals surface area contributed by atoms with Gasteiger partial charge in [0.1, 0.15) is 11.5 Å². The summed E-state index contributed by atoms with van der Waals surface area (Å²) in [6.07, 6.45) is 1.76. The summed E-state index contributed by atoms with van der Waals surface area (Å²) < 4.78 is 4.93. The van der Waals surface area contributed by atoms with E-state index in [9.17, 15) is 0 Å². The van der Waals surface area contributed by atoms with Crippen LogP contribution in [-0.2, 0) is 11.2 Å². The molecule has 0 spiro atoms. The highest BCUT2D eigenvalue weighted by Gasteiger charge is 2.09. The topological polar surface area (TPSA) is 73.1 Å². The molecule has 0 amide bonds. The second-order valence-corrected chi connectivity index (χ2v) is 3.72. The molecular formula is C10H17ClN4O. The minimum atomic E-state index is 0.304. The molecule has 0 saturated heterocycles. The molecule has 90 valence electrons. The minimum absolute atomic E-state index is 0.304. The number of nitrogen functional groups attached to an aromatic ring is 1. The fourth-order valence-corrected chi connectivity index (χ4v) is 1.41. The van der Waals surface area contributed by atoms with E-state index in [1.807, 2.05) is 0 Å². The number of nitrogens with zero attached hydrogens (tertiary/aromatic N) is 2. The SMILES string of the molecule is CCCc1nc(Cl)c(N)c(NCCOC)n1. The van der Waals surface area contributed by atoms with Gasteiger partial charge < -0.3 is 15.8 Å². The molecule has 0 radical (unpaired) electrons. The van der Waals surface area contributed by atoms with Crippen LogP contribution in [0.3, 0.4) is 0 Å². The molecule has 0 saturated carbocycles. The molecule has 6 heteroatoms. The van der Waals surface area contributed by atoms with E-state index in [2.05, 4.69) is 22.2 Å². The van der Waals surface area contributed by atoms with E-state index in [1.165, 1.54) is 0 Å². The number of nitrogens with two attached hydrogens (primary N) is 1. The minimum Gasteiger partial charge on any atom is -0.393 e. The van der Waals surface area contributed by atoms with Crippen LogP contribution in [0.5, 0.6) is 0 Å². The highest BCUT2D eigenvalue weighted by atomic mass is 35.5. The number of methoxy groups -OCH3 is 1.